The van der Waals surface area contributed by atoms with Crippen molar-refractivity contribution in [3.8, 4) is 11.3 Å². The van der Waals surface area contributed by atoms with Gasteiger partial charge in [0, 0.05) is 18.0 Å². The Balaban J connectivity index is 1.43. The first kappa shape index (κ1) is 19.6. The molecule has 8 heteroatoms. The third kappa shape index (κ3) is 4.26. The molecule has 0 radical (unpaired) electrons. The summed E-state index contributed by atoms with van der Waals surface area (Å²) >= 11 is 0. The second-order valence-corrected chi connectivity index (χ2v) is 9.24. The Morgan fingerprint density at radius 1 is 0.903 bits per heavy atom. The fourth-order valence-electron chi connectivity index (χ4n) is 3.50. The molecule has 0 amide bonds. The van der Waals surface area contributed by atoms with Gasteiger partial charge >= 0.3 is 0 Å². The van der Waals surface area contributed by atoms with Crippen molar-refractivity contribution in [2.75, 3.05) is 5.32 Å². The molecule has 7 nitrogen and oxygen atoms in total. The smallest absolute Gasteiger partial charge is 0.238 e. The van der Waals surface area contributed by atoms with E-state index in [4.69, 9.17) is 15.1 Å². The van der Waals surface area contributed by atoms with E-state index in [-0.39, 0.29) is 4.90 Å². The maximum atomic E-state index is 11.4. The quantitative estimate of drug-likeness (QED) is 0.480. The number of fused-ring (bicyclic) bond motifs is 1. The third-order valence-electron chi connectivity index (χ3n) is 5.31. The fourth-order valence-corrected chi connectivity index (χ4v) is 4.02. The summed E-state index contributed by atoms with van der Waals surface area (Å²) in [6, 6.07) is 20.5. The predicted octanol–water partition coefficient (Wildman–Crippen LogP) is 3.83. The highest BCUT2D eigenvalue weighted by atomic mass is 32.2. The lowest BCUT2D eigenvalue weighted by Crippen LogP contribution is -2.12. The Hall–Kier alpha value is -3.36. The summed E-state index contributed by atoms with van der Waals surface area (Å²) in [5.74, 6) is 0.956. The van der Waals surface area contributed by atoms with E-state index in [2.05, 4.69) is 10.3 Å². The molecule has 5 rings (SSSR count). The van der Waals surface area contributed by atoms with Gasteiger partial charge in [-0.05, 0) is 42.7 Å². The van der Waals surface area contributed by atoms with Crippen LogP contribution in [0, 0.1) is 0 Å². The topological polar surface area (TPSA) is 111 Å². The number of sulfonamides is 1. The molecule has 0 atom stereocenters. The highest BCUT2D eigenvalue weighted by Crippen LogP contribution is 2.42. The second-order valence-electron chi connectivity index (χ2n) is 7.68. The number of rotatable bonds is 6. The zero-order valence-corrected chi connectivity index (χ0v) is 17.5. The molecule has 0 unspecified atom stereocenters. The van der Waals surface area contributed by atoms with Gasteiger partial charge in [0.25, 0.3) is 0 Å². The molecular formula is C23H21N5O2S. The van der Waals surface area contributed by atoms with Crippen LogP contribution in [-0.4, -0.2) is 23.4 Å². The second kappa shape index (κ2) is 7.72. The molecular weight excluding hydrogens is 410 g/mol. The summed E-state index contributed by atoms with van der Waals surface area (Å²) in [7, 11) is -3.69. The number of hydrogen-bond donors (Lipinski definition) is 2. The van der Waals surface area contributed by atoms with Crippen molar-refractivity contribution in [3.63, 3.8) is 0 Å². The largest absolute Gasteiger partial charge is 0.350 e. The van der Waals surface area contributed by atoms with Gasteiger partial charge in [-0.25, -0.2) is 28.5 Å². The molecule has 0 spiro atoms. The number of nitrogens with zero attached hydrogens (tertiary/aromatic N) is 3. The van der Waals surface area contributed by atoms with Crippen LogP contribution in [0.25, 0.3) is 22.3 Å². The summed E-state index contributed by atoms with van der Waals surface area (Å²) in [6.45, 7) is 0.468. The molecule has 4 aromatic rings. The average molecular weight is 432 g/mol. The van der Waals surface area contributed by atoms with Gasteiger partial charge < -0.3 is 5.32 Å². The molecule has 1 aliphatic rings. The minimum Gasteiger partial charge on any atom is -0.350 e. The molecule has 0 bridgehead atoms. The van der Waals surface area contributed by atoms with Gasteiger partial charge in [-0.1, -0.05) is 42.5 Å². The summed E-state index contributed by atoms with van der Waals surface area (Å²) < 4.78 is 22.8. The van der Waals surface area contributed by atoms with Crippen molar-refractivity contribution in [2.45, 2.75) is 30.2 Å². The SMILES string of the molecule is NS(=O)(=O)c1ccc(CNc2nc(C3CC3)c3nc(-c4ccccc4)ccc3n2)cc1. The Morgan fingerprint density at radius 3 is 2.32 bits per heavy atom. The van der Waals surface area contributed by atoms with Gasteiger partial charge in [-0.15, -0.1) is 0 Å². The van der Waals surface area contributed by atoms with Gasteiger partial charge in [-0.2, -0.15) is 0 Å². The lowest BCUT2D eigenvalue weighted by Gasteiger charge is -2.11. The summed E-state index contributed by atoms with van der Waals surface area (Å²) in [5.41, 5.74) is 5.53. The number of anilines is 1. The number of benzene rings is 2. The number of nitrogens with one attached hydrogen (secondary N) is 1. The zero-order valence-electron chi connectivity index (χ0n) is 16.7. The molecule has 31 heavy (non-hydrogen) atoms. The first-order chi connectivity index (χ1) is 15.0. The normalized spacial score (nSPS) is 14.0. The van der Waals surface area contributed by atoms with Crippen LogP contribution in [0.15, 0.2) is 71.6 Å². The Bertz CT molecular complexity index is 1350. The van der Waals surface area contributed by atoms with Crippen molar-refractivity contribution in [3.05, 3.63) is 78.0 Å². The molecule has 1 saturated carbocycles. The molecule has 2 aromatic carbocycles. The number of hydrogen-bond acceptors (Lipinski definition) is 6. The van der Waals surface area contributed by atoms with Gasteiger partial charge in [0.1, 0.15) is 5.52 Å². The molecule has 1 aliphatic carbocycles. The molecule has 2 heterocycles. The molecule has 156 valence electrons. The lowest BCUT2D eigenvalue weighted by atomic mass is 10.1. The molecule has 2 aromatic heterocycles. The van der Waals surface area contributed by atoms with Crippen molar-refractivity contribution in [1.82, 2.24) is 15.0 Å². The Kier molecular flexibility index (Phi) is 4.88. The molecule has 0 aliphatic heterocycles. The predicted molar refractivity (Wildman–Crippen MR) is 120 cm³/mol. The highest BCUT2D eigenvalue weighted by molar-refractivity contribution is 7.89. The monoisotopic (exact) mass is 431 g/mol. The van der Waals surface area contributed by atoms with Crippen molar-refractivity contribution in [2.24, 2.45) is 5.14 Å². The minimum absolute atomic E-state index is 0.0921. The van der Waals surface area contributed by atoms with Gasteiger partial charge in [-0.3, -0.25) is 0 Å². The molecule has 1 fully saturated rings. The van der Waals surface area contributed by atoms with Crippen LogP contribution in [0.5, 0.6) is 0 Å². The van der Waals surface area contributed by atoms with Crippen molar-refractivity contribution in [1.29, 1.82) is 0 Å². The lowest BCUT2D eigenvalue weighted by molar-refractivity contribution is 0.598. The van der Waals surface area contributed by atoms with Gasteiger partial charge in [0.2, 0.25) is 16.0 Å². The minimum atomic E-state index is -3.69. The fraction of sp³-hybridized carbons (Fsp3) is 0.174. The van der Waals surface area contributed by atoms with Crippen molar-refractivity contribution < 1.29 is 8.42 Å². The molecule has 0 saturated heterocycles. The van der Waals surface area contributed by atoms with E-state index in [0.29, 0.717) is 18.4 Å². The van der Waals surface area contributed by atoms with E-state index in [9.17, 15) is 8.42 Å². The van der Waals surface area contributed by atoms with E-state index < -0.39 is 10.0 Å². The first-order valence-corrected chi connectivity index (χ1v) is 11.6. The Labute approximate surface area is 180 Å². The summed E-state index contributed by atoms with van der Waals surface area (Å²) in [5, 5.41) is 8.40. The standard InChI is InChI=1S/C23H21N5O2S/c24-31(29,30)18-10-6-15(7-11-18)14-25-23-27-20-13-12-19(16-4-2-1-3-5-16)26-22(20)21(28-23)17-8-9-17/h1-7,10-13,17H,8-9,14H2,(H2,24,29,30)(H,25,27,28). The maximum absolute atomic E-state index is 11.4. The van der Waals surface area contributed by atoms with E-state index in [0.717, 1.165) is 46.4 Å². The average Bonchev–Trinajstić information content (AvgIpc) is 3.62. The maximum Gasteiger partial charge on any atom is 0.238 e. The zero-order chi connectivity index (χ0) is 21.4. The summed E-state index contributed by atoms with van der Waals surface area (Å²) in [4.78, 5) is 14.4. The number of aromatic nitrogens is 3. The van der Waals surface area contributed by atoms with Crippen LogP contribution < -0.4 is 10.5 Å². The Morgan fingerprint density at radius 2 is 1.65 bits per heavy atom. The van der Waals surface area contributed by atoms with Crippen LogP contribution in [0.1, 0.15) is 30.0 Å². The van der Waals surface area contributed by atoms with E-state index in [1.807, 2.05) is 42.5 Å². The van der Waals surface area contributed by atoms with Gasteiger partial charge in [0.05, 0.1) is 21.8 Å². The third-order valence-corrected chi connectivity index (χ3v) is 6.23. The van der Waals surface area contributed by atoms with E-state index >= 15 is 0 Å². The molecule has 3 N–H and O–H groups in total. The number of primary sulfonamides is 1. The van der Waals surface area contributed by atoms with Gasteiger partial charge in [0.15, 0.2) is 0 Å². The van der Waals surface area contributed by atoms with Crippen LogP contribution in [0.3, 0.4) is 0 Å². The van der Waals surface area contributed by atoms with Crippen LogP contribution in [0.2, 0.25) is 0 Å². The van der Waals surface area contributed by atoms with Crippen LogP contribution >= 0.6 is 0 Å². The van der Waals surface area contributed by atoms with Crippen molar-refractivity contribution >= 4 is 27.0 Å². The van der Waals surface area contributed by atoms with Crippen LogP contribution in [-0.2, 0) is 16.6 Å². The first-order valence-electron chi connectivity index (χ1n) is 10.1. The van der Waals surface area contributed by atoms with E-state index in [1.165, 1.54) is 12.1 Å². The summed E-state index contributed by atoms with van der Waals surface area (Å²) in [6.07, 6.45) is 2.22. The highest BCUT2D eigenvalue weighted by Gasteiger charge is 2.29. The van der Waals surface area contributed by atoms with Crippen LogP contribution in [0.4, 0.5) is 5.95 Å². The number of pyridine rings is 1. The van der Waals surface area contributed by atoms with E-state index in [1.54, 1.807) is 12.1 Å². The number of nitrogens with two attached hydrogens (primary N) is 1.